The number of unbranched alkanes of at least 4 members (excludes halogenated alkanes) is 1. The maximum Gasteiger partial charge on any atom is 0.336 e. The Hall–Kier alpha value is -2.26. The molecule has 0 amide bonds. The molecule has 0 spiro atoms. The number of rotatable bonds is 7. The molecule has 126 valence electrons. The Morgan fingerprint density at radius 3 is 2.67 bits per heavy atom. The van der Waals surface area contributed by atoms with E-state index in [4.69, 9.17) is 16.3 Å². The van der Waals surface area contributed by atoms with E-state index < -0.39 is 5.97 Å². The van der Waals surface area contributed by atoms with Crippen LogP contribution in [0.4, 0.5) is 0 Å². The number of carboxylic acids is 1. The minimum absolute atomic E-state index is 0.184. The van der Waals surface area contributed by atoms with Gasteiger partial charge in [-0.1, -0.05) is 55.3 Å². The molecule has 0 radical (unpaired) electrons. The molecule has 0 atom stereocenters. The second-order valence-electron chi connectivity index (χ2n) is 5.57. The lowest BCUT2D eigenvalue weighted by atomic mass is 10.0. The minimum Gasteiger partial charge on any atom is -0.493 e. The maximum atomic E-state index is 11.7. The van der Waals surface area contributed by atoms with E-state index in [0.717, 1.165) is 24.0 Å². The van der Waals surface area contributed by atoms with E-state index in [-0.39, 0.29) is 5.57 Å². The van der Waals surface area contributed by atoms with Gasteiger partial charge in [-0.2, -0.15) is 0 Å². The fourth-order valence-electron chi connectivity index (χ4n) is 2.24. The molecule has 0 aliphatic rings. The summed E-state index contributed by atoms with van der Waals surface area (Å²) in [6, 6.07) is 12.7. The zero-order valence-corrected chi connectivity index (χ0v) is 14.6. The van der Waals surface area contributed by atoms with E-state index >= 15 is 0 Å². The summed E-state index contributed by atoms with van der Waals surface area (Å²) in [4.78, 5) is 11.7. The summed E-state index contributed by atoms with van der Waals surface area (Å²) in [5.41, 5.74) is 2.40. The van der Waals surface area contributed by atoms with Crippen molar-refractivity contribution < 1.29 is 14.6 Å². The predicted octanol–water partition coefficient (Wildman–Crippen LogP) is 5.45. The van der Waals surface area contributed by atoms with Crippen molar-refractivity contribution in [2.45, 2.75) is 26.7 Å². The number of carbonyl (C=O) groups is 1. The summed E-state index contributed by atoms with van der Waals surface area (Å²) in [6.45, 7) is 4.59. The van der Waals surface area contributed by atoms with E-state index in [1.165, 1.54) is 0 Å². The largest absolute Gasteiger partial charge is 0.493 e. The van der Waals surface area contributed by atoms with Gasteiger partial charge in [-0.3, -0.25) is 0 Å². The summed E-state index contributed by atoms with van der Waals surface area (Å²) in [7, 11) is 0. The molecule has 0 unspecified atom stereocenters. The highest BCUT2D eigenvalue weighted by atomic mass is 35.5. The van der Waals surface area contributed by atoms with Gasteiger partial charge in [0.25, 0.3) is 0 Å². The summed E-state index contributed by atoms with van der Waals surface area (Å²) >= 11 is 6.14. The molecule has 0 heterocycles. The summed E-state index contributed by atoms with van der Waals surface area (Å²) in [5.74, 6) is -0.318. The summed E-state index contributed by atoms with van der Waals surface area (Å²) < 4.78 is 5.77. The van der Waals surface area contributed by atoms with Crippen LogP contribution in [0, 0.1) is 6.92 Å². The molecule has 0 aliphatic carbocycles. The van der Waals surface area contributed by atoms with Gasteiger partial charge in [0.05, 0.1) is 12.2 Å². The van der Waals surface area contributed by atoms with Crippen molar-refractivity contribution in [3.05, 3.63) is 64.2 Å². The molecule has 24 heavy (non-hydrogen) atoms. The van der Waals surface area contributed by atoms with Crippen molar-refractivity contribution in [3.8, 4) is 5.75 Å². The third kappa shape index (κ3) is 4.62. The first-order valence-electron chi connectivity index (χ1n) is 7.96. The molecule has 4 heteroatoms. The maximum absolute atomic E-state index is 11.7. The minimum atomic E-state index is -1.00. The lowest BCUT2D eigenvalue weighted by Gasteiger charge is -2.10. The Morgan fingerprint density at radius 1 is 1.25 bits per heavy atom. The number of carboxylic acid groups (broad SMARTS) is 1. The third-order valence-electron chi connectivity index (χ3n) is 3.69. The van der Waals surface area contributed by atoms with Crippen molar-refractivity contribution in [2.75, 3.05) is 6.61 Å². The quantitative estimate of drug-likeness (QED) is 0.412. The van der Waals surface area contributed by atoms with Gasteiger partial charge in [0, 0.05) is 10.6 Å². The standard InChI is InChI=1S/C20H21ClO3/c1-3-4-11-24-19-8-6-5-7-16(19)12-17(20(22)23)15-10-9-14(2)18(21)13-15/h5-10,12-13H,3-4,11H2,1-2H3,(H,22,23)/b17-12-. The lowest BCUT2D eigenvalue weighted by molar-refractivity contribution is -0.130. The normalized spacial score (nSPS) is 11.4. The van der Waals surface area contributed by atoms with Gasteiger partial charge in [-0.05, 0) is 42.7 Å². The number of ether oxygens (including phenoxy) is 1. The number of para-hydroxylation sites is 1. The van der Waals surface area contributed by atoms with Gasteiger partial charge in [0.1, 0.15) is 5.75 Å². The summed E-state index contributed by atoms with van der Waals surface area (Å²) in [5, 5.41) is 10.1. The lowest BCUT2D eigenvalue weighted by Crippen LogP contribution is -2.02. The smallest absolute Gasteiger partial charge is 0.336 e. The highest BCUT2D eigenvalue weighted by Gasteiger charge is 2.13. The van der Waals surface area contributed by atoms with Crippen molar-refractivity contribution in [1.29, 1.82) is 0 Å². The van der Waals surface area contributed by atoms with Crippen LogP contribution in [0.2, 0.25) is 5.02 Å². The highest BCUT2D eigenvalue weighted by molar-refractivity contribution is 6.32. The van der Waals surface area contributed by atoms with Gasteiger partial charge in [-0.25, -0.2) is 4.79 Å². The van der Waals surface area contributed by atoms with E-state index in [9.17, 15) is 9.90 Å². The van der Waals surface area contributed by atoms with E-state index in [2.05, 4.69) is 6.92 Å². The van der Waals surface area contributed by atoms with Crippen LogP contribution in [0.1, 0.15) is 36.5 Å². The average Bonchev–Trinajstić information content (AvgIpc) is 2.56. The SMILES string of the molecule is CCCCOc1ccccc1/C=C(\C(=O)O)c1ccc(C)c(Cl)c1. The van der Waals surface area contributed by atoms with E-state index in [0.29, 0.717) is 22.9 Å². The van der Waals surface area contributed by atoms with Crippen LogP contribution >= 0.6 is 11.6 Å². The first-order valence-corrected chi connectivity index (χ1v) is 8.34. The fourth-order valence-corrected chi connectivity index (χ4v) is 2.42. The van der Waals surface area contributed by atoms with Crippen LogP contribution < -0.4 is 4.74 Å². The van der Waals surface area contributed by atoms with Crippen LogP contribution in [0.5, 0.6) is 5.75 Å². The molecule has 3 nitrogen and oxygen atoms in total. The molecular formula is C20H21ClO3. The Kier molecular flexibility index (Phi) is 6.44. The van der Waals surface area contributed by atoms with Crippen molar-refractivity contribution >= 4 is 29.2 Å². The topological polar surface area (TPSA) is 46.5 Å². The molecule has 2 aromatic carbocycles. The second kappa shape index (κ2) is 8.55. The molecule has 0 aromatic heterocycles. The molecule has 0 aliphatic heterocycles. The molecule has 0 saturated heterocycles. The predicted molar refractivity (Wildman–Crippen MR) is 98.5 cm³/mol. The monoisotopic (exact) mass is 344 g/mol. The first-order chi connectivity index (χ1) is 11.5. The van der Waals surface area contributed by atoms with Gasteiger partial charge in [-0.15, -0.1) is 0 Å². The Morgan fingerprint density at radius 2 is 2.00 bits per heavy atom. The second-order valence-corrected chi connectivity index (χ2v) is 5.97. The molecule has 2 aromatic rings. The average molecular weight is 345 g/mol. The fraction of sp³-hybridized carbons (Fsp3) is 0.250. The zero-order chi connectivity index (χ0) is 17.5. The molecule has 0 bridgehead atoms. The number of benzene rings is 2. The van der Waals surface area contributed by atoms with Crippen molar-refractivity contribution in [1.82, 2.24) is 0 Å². The number of halogens is 1. The van der Waals surface area contributed by atoms with Crippen LogP contribution in [0.25, 0.3) is 11.6 Å². The van der Waals surface area contributed by atoms with Crippen LogP contribution in [0.3, 0.4) is 0 Å². The number of hydrogen-bond donors (Lipinski definition) is 1. The Balaban J connectivity index is 2.41. The molecular weight excluding hydrogens is 324 g/mol. The van der Waals surface area contributed by atoms with Crippen LogP contribution in [-0.4, -0.2) is 17.7 Å². The number of hydrogen-bond acceptors (Lipinski definition) is 2. The van der Waals surface area contributed by atoms with E-state index in [1.54, 1.807) is 18.2 Å². The van der Waals surface area contributed by atoms with Gasteiger partial charge in [0.2, 0.25) is 0 Å². The van der Waals surface area contributed by atoms with Gasteiger partial charge < -0.3 is 9.84 Å². The molecule has 0 saturated carbocycles. The zero-order valence-electron chi connectivity index (χ0n) is 13.9. The molecule has 1 N–H and O–H groups in total. The van der Waals surface area contributed by atoms with Crippen molar-refractivity contribution in [2.24, 2.45) is 0 Å². The number of aryl methyl sites for hydroxylation is 1. The Bertz CT molecular complexity index is 750. The first kappa shape index (κ1) is 18.1. The highest BCUT2D eigenvalue weighted by Crippen LogP contribution is 2.27. The molecule has 2 rings (SSSR count). The third-order valence-corrected chi connectivity index (χ3v) is 4.09. The van der Waals surface area contributed by atoms with Gasteiger partial charge in [0.15, 0.2) is 0 Å². The van der Waals surface area contributed by atoms with Crippen molar-refractivity contribution in [3.63, 3.8) is 0 Å². The number of aliphatic carboxylic acids is 1. The van der Waals surface area contributed by atoms with E-state index in [1.807, 2.05) is 37.3 Å². The van der Waals surface area contributed by atoms with Crippen LogP contribution in [0.15, 0.2) is 42.5 Å². The van der Waals surface area contributed by atoms with Gasteiger partial charge >= 0.3 is 5.97 Å². The Labute approximate surface area is 147 Å². The van der Waals surface area contributed by atoms with Crippen LogP contribution in [-0.2, 0) is 4.79 Å². The summed E-state index contributed by atoms with van der Waals surface area (Å²) in [6.07, 6.45) is 3.63. The molecule has 0 fully saturated rings.